The molecule has 1 atom stereocenters. The van der Waals surface area contributed by atoms with Crippen molar-refractivity contribution in [3.05, 3.63) is 0 Å². The van der Waals surface area contributed by atoms with Crippen molar-refractivity contribution in [1.29, 1.82) is 0 Å². The largest absolute Gasteiger partial charge is 0.480 e. The summed E-state index contributed by atoms with van der Waals surface area (Å²) < 4.78 is 0. The van der Waals surface area contributed by atoms with Gasteiger partial charge in [-0.2, -0.15) is 0 Å². The first-order valence-corrected chi connectivity index (χ1v) is 5.80. The van der Waals surface area contributed by atoms with E-state index in [0.717, 1.165) is 31.6 Å². The summed E-state index contributed by atoms with van der Waals surface area (Å²) >= 11 is 0. The van der Waals surface area contributed by atoms with Crippen molar-refractivity contribution in [2.45, 2.75) is 52.5 Å². The molecule has 3 nitrogen and oxygen atoms in total. The van der Waals surface area contributed by atoms with Crippen LogP contribution in [0.5, 0.6) is 0 Å². The number of carboxylic acids is 1. The van der Waals surface area contributed by atoms with Gasteiger partial charge in [0, 0.05) is 0 Å². The van der Waals surface area contributed by atoms with E-state index in [9.17, 15) is 4.79 Å². The summed E-state index contributed by atoms with van der Waals surface area (Å²) in [7, 11) is 0. The highest BCUT2D eigenvalue weighted by atomic mass is 35.5. The van der Waals surface area contributed by atoms with Gasteiger partial charge in [-0.1, -0.05) is 20.8 Å². The summed E-state index contributed by atoms with van der Waals surface area (Å²) in [4.78, 5) is 10.8. The molecule has 0 aromatic rings. The standard InChI is InChI=1S/C12H23NO2.ClH/c1-12(2,3)9-6-4-8(5-7-9)10(13)11(14)15;/h8-10H,4-7,13H2,1-3H3,(H,14,15);1H/t8?,9?,10-;/m0./s1. The molecule has 1 saturated carbocycles. The predicted octanol–water partition coefficient (Wildman–Crippen LogP) is 2.67. The van der Waals surface area contributed by atoms with E-state index in [2.05, 4.69) is 20.8 Å². The summed E-state index contributed by atoms with van der Waals surface area (Å²) in [5, 5.41) is 8.84. The molecule has 0 saturated heterocycles. The van der Waals surface area contributed by atoms with Gasteiger partial charge in [0.15, 0.2) is 0 Å². The molecule has 0 heterocycles. The summed E-state index contributed by atoms with van der Waals surface area (Å²) in [5.74, 6) is 0.0463. The second kappa shape index (κ2) is 5.87. The van der Waals surface area contributed by atoms with Crippen LogP contribution >= 0.6 is 12.4 Å². The van der Waals surface area contributed by atoms with Gasteiger partial charge in [0.05, 0.1) is 0 Å². The molecule has 4 heteroatoms. The molecule has 0 aliphatic heterocycles. The van der Waals surface area contributed by atoms with Crippen LogP contribution < -0.4 is 5.73 Å². The van der Waals surface area contributed by atoms with Crippen molar-refractivity contribution in [3.63, 3.8) is 0 Å². The zero-order valence-corrected chi connectivity index (χ0v) is 11.2. The van der Waals surface area contributed by atoms with Crippen LogP contribution in [0.1, 0.15) is 46.5 Å². The lowest BCUT2D eigenvalue weighted by molar-refractivity contribution is -0.140. The number of nitrogens with two attached hydrogens (primary N) is 1. The molecule has 1 aliphatic carbocycles. The minimum Gasteiger partial charge on any atom is -0.480 e. The van der Waals surface area contributed by atoms with E-state index in [4.69, 9.17) is 10.8 Å². The lowest BCUT2D eigenvalue weighted by Crippen LogP contribution is -2.40. The van der Waals surface area contributed by atoms with Gasteiger partial charge in [-0.15, -0.1) is 12.4 Å². The Labute approximate surface area is 104 Å². The number of hydrogen-bond donors (Lipinski definition) is 2. The zero-order valence-electron chi connectivity index (χ0n) is 10.4. The Kier molecular flexibility index (Phi) is 5.77. The lowest BCUT2D eigenvalue weighted by Gasteiger charge is -2.37. The van der Waals surface area contributed by atoms with Crippen molar-refractivity contribution >= 4 is 18.4 Å². The van der Waals surface area contributed by atoms with Crippen molar-refractivity contribution in [1.82, 2.24) is 0 Å². The van der Waals surface area contributed by atoms with Crippen LogP contribution in [0.25, 0.3) is 0 Å². The summed E-state index contributed by atoms with van der Waals surface area (Å²) in [6.07, 6.45) is 4.18. The van der Waals surface area contributed by atoms with Gasteiger partial charge >= 0.3 is 5.97 Å². The van der Waals surface area contributed by atoms with Gasteiger partial charge < -0.3 is 10.8 Å². The van der Waals surface area contributed by atoms with E-state index in [-0.39, 0.29) is 18.3 Å². The second-order valence-corrected chi connectivity index (χ2v) is 5.84. The molecular weight excluding hydrogens is 226 g/mol. The smallest absolute Gasteiger partial charge is 0.320 e. The van der Waals surface area contributed by atoms with Crippen LogP contribution in [-0.4, -0.2) is 17.1 Å². The monoisotopic (exact) mass is 249 g/mol. The predicted molar refractivity (Wildman–Crippen MR) is 67.8 cm³/mol. The Bertz CT molecular complexity index is 230. The Balaban J connectivity index is 0.00000225. The third-order valence-corrected chi connectivity index (χ3v) is 3.79. The molecule has 0 unspecified atom stereocenters. The SMILES string of the molecule is CC(C)(C)C1CCC([C@H](N)C(=O)O)CC1.Cl. The molecule has 0 aromatic heterocycles. The summed E-state index contributed by atoms with van der Waals surface area (Å²) in [6, 6.07) is -0.661. The third-order valence-electron chi connectivity index (χ3n) is 3.79. The molecule has 16 heavy (non-hydrogen) atoms. The Morgan fingerprint density at radius 3 is 2.00 bits per heavy atom. The molecule has 0 aromatic carbocycles. The average molecular weight is 250 g/mol. The summed E-state index contributed by atoms with van der Waals surface area (Å²) in [6.45, 7) is 6.78. The van der Waals surface area contributed by atoms with Crippen LogP contribution in [0.15, 0.2) is 0 Å². The summed E-state index contributed by atoms with van der Waals surface area (Å²) in [5.41, 5.74) is 5.99. The molecule has 1 aliphatic rings. The Hall–Kier alpha value is -0.280. The highest BCUT2D eigenvalue weighted by Gasteiger charge is 2.33. The van der Waals surface area contributed by atoms with Crippen molar-refractivity contribution in [2.24, 2.45) is 23.0 Å². The van der Waals surface area contributed by atoms with Gasteiger partial charge in [0.2, 0.25) is 0 Å². The molecule has 96 valence electrons. The third kappa shape index (κ3) is 3.95. The molecule has 1 rings (SSSR count). The van der Waals surface area contributed by atoms with Crippen molar-refractivity contribution in [2.75, 3.05) is 0 Å². The first-order chi connectivity index (χ1) is 6.82. The van der Waals surface area contributed by atoms with E-state index in [1.54, 1.807) is 0 Å². The van der Waals surface area contributed by atoms with Crippen LogP contribution in [-0.2, 0) is 4.79 Å². The van der Waals surface area contributed by atoms with E-state index >= 15 is 0 Å². The molecule has 3 N–H and O–H groups in total. The van der Waals surface area contributed by atoms with Gasteiger partial charge in [0.1, 0.15) is 6.04 Å². The second-order valence-electron chi connectivity index (χ2n) is 5.84. The van der Waals surface area contributed by atoms with Crippen molar-refractivity contribution < 1.29 is 9.90 Å². The maximum absolute atomic E-state index is 10.8. The number of aliphatic carboxylic acids is 1. The van der Waals surface area contributed by atoms with E-state index in [1.165, 1.54) is 0 Å². The molecular formula is C12H24ClNO2. The van der Waals surface area contributed by atoms with Crippen LogP contribution in [0, 0.1) is 17.3 Å². The number of rotatable bonds is 2. The molecule has 0 spiro atoms. The first-order valence-electron chi connectivity index (χ1n) is 5.80. The van der Waals surface area contributed by atoms with E-state index in [1.807, 2.05) is 0 Å². The number of halogens is 1. The lowest BCUT2D eigenvalue weighted by atomic mass is 9.68. The Morgan fingerprint density at radius 2 is 1.69 bits per heavy atom. The normalized spacial score (nSPS) is 28.0. The van der Waals surface area contributed by atoms with Crippen LogP contribution in [0.3, 0.4) is 0 Å². The zero-order chi connectivity index (χ0) is 11.6. The number of carboxylic acid groups (broad SMARTS) is 1. The van der Waals surface area contributed by atoms with Crippen LogP contribution in [0.4, 0.5) is 0 Å². The first kappa shape index (κ1) is 15.7. The highest BCUT2D eigenvalue weighted by Crippen LogP contribution is 2.40. The molecule has 0 radical (unpaired) electrons. The van der Waals surface area contributed by atoms with Crippen molar-refractivity contribution in [3.8, 4) is 0 Å². The van der Waals surface area contributed by atoms with E-state index < -0.39 is 12.0 Å². The topological polar surface area (TPSA) is 63.3 Å². The maximum atomic E-state index is 10.8. The number of carbonyl (C=O) groups is 1. The van der Waals surface area contributed by atoms with Crippen LogP contribution in [0.2, 0.25) is 0 Å². The molecule has 0 bridgehead atoms. The highest BCUT2D eigenvalue weighted by molar-refractivity contribution is 5.85. The van der Waals surface area contributed by atoms with Gasteiger partial charge in [-0.05, 0) is 42.9 Å². The number of hydrogen-bond acceptors (Lipinski definition) is 2. The minimum atomic E-state index is -0.853. The fourth-order valence-corrected chi connectivity index (χ4v) is 2.55. The van der Waals surface area contributed by atoms with Gasteiger partial charge in [-0.25, -0.2) is 0 Å². The minimum absolute atomic E-state index is 0. The maximum Gasteiger partial charge on any atom is 0.320 e. The quantitative estimate of drug-likeness (QED) is 0.791. The van der Waals surface area contributed by atoms with E-state index in [0.29, 0.717) is 5.41 Å². The fourth-order valence-electron chi connectivity index (χ4n) is 2.55. The molecule has 1 fully saturated rings. The fraction of sp³-hybridized carbons (Fsp3) is 0.917. The van der Waals surface area contributed by atoms with Gasteiger partial charge in [0.25, 0.3) is 0 Å². The molecule has 0 amide bonds. The Morgan fingerprint density at radius 1 is 1.25 bits per heavy atom. The van der Waals surface area contributed by atoms with Gasteiger partial charge in [-0.3, -0.25) is 4.79 Å². The average Bonchev–Trinajstić information content (AvgIpc) is 2.15.